The first-order valence-corrected chi connectivity index (χ1v) is 6.61. The molecule has 0 aromatic heterocycles. The van der Waals surface area contributed by atoms with E-state index in [2.05, 4.69) is 38.9 Å². The van der Waals surface area contributed by atoms with Gasteiger partial charge >= 0.3 is 0 Å². The average Bonchev–Trinajstić information content (AvgIpc) is 3.03. The summed E-state index contributed by atoms with van der Waals surface area (Å²) in [6.07, 6.45) is 2.27. The van der Waals surface area contributed by atoms with Crippen LogP contribution < -0.4 is 0 Å². The highest BCUT2D eigenvalue weighted by Crippen LogP contribution is 2.56. The first-order valence-electron chi connectivity index (χ1n) is 6.61. The highest BCUT2D eigenvalue weighted by atomic mass is 15.5. The number of quaternary nitrogens is 1. The fourth-order valence-electron chi connectivity index (χ4n) is 3.00. The molecule has 2 aliphatic rings. The maximum atomic E-state index is 8.11. The number of rotatable bonds is 3. The van der Waals surface area contributed by atoms with Crippen molar-refractivity contribution in [2.75, 3.05) is 7.05 Å². The van der Waals surface area contributed by atoms with Crippen molar-refractivity contribution >= 4 is 11.3 Å². The topological polar surface area (TPSA) is 23.9 Å². The number of hydrogen-bond donors (Lipinski definition) is 1. The van der Waals surface area contributed by atoms with Crippen LogP contribution in [-0.2, 0) is 0 Å². The molecule has 1 aromatic rings. The van der Waals surface area contributed by atoms with E-state index >= 15 is 0 Å². The molecular formula is C17H19N2+. The van der Waals surface area contributed by atoms with Gasteiger partial charge in [0.05, 0.1) is 12.6 Å². The minimum atomic E-state index is 0.450. The Morgan fingerprint density at radius 3 is 2.37 bits per heavy atom. The van der Waals surface area contributed by atoms with Gasteiger partial charge in [-0.1, -0.05) is 36.9 Å². The molecule has 1 fully saturated rings. The van der Waals surface area contributed by atoms with Crippen LogP contribution >= 0.6 is 0 Å². The van der Waals surface area contributed by atoms with Crippen molar-refractivity contribution in [3.63, 3.8) is 0 Å². The minimum absolute atomic E-state index is 0.450. The van der Waals surface area contributed by atoms with Crippen molar-refractivity contribution in [1.29, 1.82) is 5.41 Å². The van der Waals surface area contributed by atoms with Crippen LogP contribution in [0.3, 0.4) is 0 Å². The van der Waals surface area contributed by atoms with Crippen molar-refractivity contribution in [1.82, 2.24) is 0 Å². The van der Waals surface area contributed by atoms with Gasteiger partial charge in [-0.2, -0.15) is 0 Å². The summed E-state index contributed by atoms with van der Waals surface area (Å²) in [5, 5.41) is 8.11. The standard InChI is InChI=1S/C17H19N2/c1-11(14-8-6-5-7-9-14)16(12(2)18)17-13(3)19(4)10-15(17)19/h5-10,13,18H,1H2,2-4H3/q+1/b17-16-,18-12?. The van der Waals surface area contributed by atoms with Crippen LogP contribution in [0, 0.1) is 5.41 Å². The van der Waals surface area contributed by atoms with Gasteiger partial charge in [0.15, 0.2) is 6.20 Å². The van der Waals surface area contributed by atoms with E-state index in [0.29, 0.717) is 11.8 Å². The Labute approximate surface area is 114 Å². The fraction of sp³-hybridized carbons (Fsp3) is 0.235. The predicted octanol–water partition coefficient (Wildman–Crippen LogP) is 3.74. The second-order valence-electron chi connectivity index (χ2n) is 5.60. The van der Waals surface area contributed by atoms with Gasteiger partial charge in [0, 0.05) is 11.3 Å². The summed E-state index contributed by atoms with van der Waals surface area (Å²) >= 11 is 0. The molecule has 2 heterocycles. The van der Waals surface area contributed by atoms with Crippen LogP contribution in [-0.4, -0.2) is 23.3 Å². The zero-order chi connectivity index (χ0) is 13.8. The summed E-state index contributed by atoms with van der Waals surface area (Å²) in [6, 6.07) is 10.6. The third-order valence-corrected chi connectivity index (χ3v) is 4.41. The Morgan fingerprint density at radius 2 is 1.89 bits per heavy atom. The van der Waals surface area contributed by atoms with Crippen LogP contribution in [0.15, 0.2) is 60.0 Å². The van der Waals surface area contributed by atoms with Gasteiger partial charge in [-0.05, 0) is 25.0 Å². The number of nitrogens with zero attached hydrogens (tertiary/aromatic N) is 1. The largest absolute Gasteiger partial charge is 0.305 e. The van der Waals surface area contributed by atoms with E-state index < -0.39 is 0 Å². The molecule has 0 amide bonds. The molecule has 0 saturated carbocycles. The molecule has 0 radical (unpaired) electrons. The van der Waals surface area contributed by atoms with Gasteiger partial charge in [-0.3, -0.25) is 4.48 Å². The summed E-state index contributed by atoms with van der Waals surface area (Å²) < 4.78 is 0.953. The molecule has 1 N–H and O–H groups in total. The van der Waals surface area contributed by atoms with Crippen molar-refractivity contribution in [3.8, 4) is 0 Å². The lowest BCUT2D eigenvalue weighted by Crippen LogP contribution is -2.45. The van der Waals surface area contributed by atoms with Gasteiger partial charge in [-0.15, -0.1) is 0 Å². The van der Waals surface area contributed by atoms with E-state index in [4.69, 9.17) is 5.41 Å². The second kappa shape index (κ2) is 3.78. The second-order valence-corrected chi connectivity index (χ2v) is 5.60. The Hall–Kier alpha value is -1.93. The molecule has 96 valence electrons. The SMILES string of the molecule is C=C(/C(C(C)=N)=C1/C2=C[N+]2(C)C1C)c1ccccc1. The number of fused-ring (bicyclic) bond motifs is 1. The zero-order valence-electron chi connectivity index (χ0n) is 11.7. The number of benzene rings is 1. The Morgan fingerprint density at radius 1 is 1.26 bits per heavy atom. The number of nitrogens with one attached hydrogen (secondary N) is 1. The van der Waals surface area contributed by atoms with E-state index in [1.165, 1.54) is 11.3 Å². The third-order valence-electron chi connectivity index (χ3n) is 4.41. The van der Waals surface area contributed by atoms with Gasteiger partial charge in [0.1, 0.15) is 6.04 Å². The number of likely N-dealkylation sites (N-methyl/N-ethyl adjacent to an activating group) is 1. The normalized spacial score (nSPS) is 29.8. The molecule has 0 aliphatic carbocycles. The molecule has 1 saturated heterocycles. The Kier molecular flexibility index (Phi) is 2.41. The lowest BCUT2D eigenvalue weighted by atomic mass is 9.85. The molecule has 2 unspecified atom stereocenters. The average molecular weight is 251 g/mol. The quantitative estimate of drug-likeness (QED) is 0.625. The van der Waals surface area contributed by atoms with Crippen molar-refractivity contribution < 1.29 is 4.48 Å². The van der Waals surface area contributed by atoms with Gasteiger partial charge in [0.25, 0.3) is 0 Å². The van der Waals surface area contributed by atoms with Crippen molar-refractivity contribution in [3.05, 3.63) is 65.5 Å². The zero-order valence-corrected chi connectivity index (χ0v) is 11.7. The van der Waals surface area contributed by atoms with Crippen molar-refractivity contribution in [2.45, 2.75) is 19.9 Å². The maximum absolute atomic E-state index is 8.11. The highest BCUT2D eigenvalue weighted by molar-refractivity contribution is 6.11. The van der Waals surface area contributed by atoms with E-state index in [-0.39, 0.29) is 0 Å². The molecule has 2 atom stereocenters. The van der Waals surface area contributed by atoms with Crippen LogP contribution in [0.25, 0.3) is 5.57 Å². The Bertz CT molecular complexity index is 649. The van der Waals surface area contributed by atoms with E-state index in [1.807, 2.05) is 25.1 Å². The third kappa shape index (κ3) is 1.57. The highest BCUT2D eigenvalue weighted by Gasteiger charge is 2.63. The van der Waals surface area contributed by atoms with E-state index in [9.17, 15) is 0 Å². The molecule has 19 heavy (non-hydrogen) atoms. The molecule has 3 rings (SSSR count). The predicted molar refractivity (Wildman–Crippen MR) is 79.6 cm³/mol. The van der Waals surface area contributed by atoms with Crippen molar-refractivity contribution in [2.24, 2.45) is 0 Å². The Balaban J connectivity index is 2.05. The summed E-state index contributed by atoms with van der Waals surface area (Å²) in [5.41, 5.74) is 6.38. The van der Waals surface area contributed by atoms with Gasteiger partial charge < -0.3 is 5.41 Å². The van der Waals surface area contributed by atoms with Crippen LogP contribution in [0.1, 0.15) is 19.4 Å². The van der Waals surface area contributed by atoms with E-state index in [0.717, 1.165) is 21.2 Å². The van der Waals surface area contributed by atoms with E-state index in [1.54, 1.807) is 0 Å². The van der Waals surface area contributed by atoms with Crippen LogP contribution in [0.2, 0.25) is 0 Å². The molecule has 2 aliphatic heterocycles. The summed E-state index contributed by atoms with van der Waals surface area (Å²) in [4.78, 5) is 0. The first kappa shape index (κ1) is 12.1. The smallest absolute Gasteiger partial charge is 0.201 e. The lowest BCUT2D eigenvalue weighted by molar-refractivity contribution is -0.800. The molecule has 0 spiro atoms. The fourth-order valence-corrected chi connectivity index (χ4v) is 3.00. The monoisotopic (exact) mass is 251 g/mol. The van der Waals surface area contributed by atoms with Gasteiger partial charge in [0.2, 0.25) is 5.70 Å². The first-order chi connectivity index (χ1) is 8.97. The molecule has 0 bridgehead atoms. The minimum Gasteiger partial charge on any atom is -0.305 e. The molecule has 1 aromatic carbocycles. The molecular weight excluding hydrogens is 232 g/mol. The van der Waals surface area contributed by atoms with Crippen LogP contribution in [0.4, 0.5) is 0 Å². The summed E-state index contributed by atoms with van der Waals surface area (Å²) in [5.74, 6) is 0. The number of hydrogen-bond acceptors (Lipinski definition) is 1. The summed E-state index contributed by atoms with van der Waals surface area (Å²) in [6.45, 7) is 8.31. The van der Waals surface area contributed by atoms with Crippen LogP contribution in [0.5, 0.6) is 0 Å². The molecule has 2 heteroatoms. The maximum Gasteiger partial charge on any atom is 0.201 e. The lowest BCUT2D eigenvalue weighted by Gasteiger charge is -2.35. The van der Waals surface area contributed by atoms with Gasteiger partial charge in [-0.25, -0.2) is 0 Å². The molecule has 2 nitrogen and oxygen atoms in total. The number of allylic oxidation sites excluding steroid dienone is 2. The summed E-state index contributed by atoms with van der Waals surface area (Å²) in [7, 11) is 2.21.